The molecule has 1 aliphatic rings. The molecule has 6 heteroatoms. The summed E-state index contributed by atoms with van der Waals surface area (Å²) in [5.41, 5.74) is 1.16. The Balaban J connectivity index is 1.70. The molecule has 0 heterocycles. The molecule has 1 saturated carbocycles. The fourth-order valence-electron chi connectivity index (χ4n) is 2.68. The zero-order valence-corrected chi connectivity index (χ0v) is 12.9. The van der Waals surface area contributed by atoms with E-state index < -0.39 is 10.1 Å². The Bertz CT molecular complexity index is 518. The summed E-state index contributed by atoms with van der Waals surface area (Å²) >= 11 is 0. The lowest BCUT2D eigenvalue weighted by atomic mass is 10.2. The maximum absolute atomic E-state index is 10.7. The van der Waals surface area contributed by atoms with Crippen LogP contribution < -0.4 is 5.32 Å². The second-order valence-corrected chi connectivity index (χ2v) is 7.04. The third kappa shape index (κ3) is 6.13. The topological polar surface area (TPSA) is 75.6 Å². The molecule has 1 fully saturated rings. The van der Waals surface area contributed by atoms with E-state index in [0.29, 0.717) is 19.6 Å². The van der Waals surface area contributed by atoms with Crippen LogP contribution in [0, 0.1) is 0 Å². The molecule has 2 N–H and O–H groups in total. The molecule has 1 aliphatic carbocycles. The maximum atomic E-state index is 10.7. The molecule has 21 heavy (non-hydrogen) atoms. The molecular formula is C15H23NO4S. The Morgan fingerprint density at radius 2 is 2.00 bits per heavy atom. The van der Waals surface area contributed by atoms with E-state index in [-0.39, 0.29) is 17.9 Å². The van der Waals surface area contributed by atoms with Gasteiger partial charge in [-0.15, -0.1) is 0 Å². The quantitative estimate of drug-likeness (QED) is 0.567. The van der Waals surface area contributed by atoms with E-state index in [4.69, 9.17) is 9.29 Å². The minimum absolute atomic E-state index is 0.177. The predicted molar refractivity (Wildman–Crippen MR) is 81.7 cm³/mol. The summed E-state index contributed by atoms with van der Waals surface area (Å²) in [6, 6.07) is 10.3. The van der Waals surface area contributed by atoms with E-state index in [1.165, 1.54) is 0 Å². The molecule has 0 aromatic heterocycles. The summed E-state index contributed by atoms with van der Waals surface area (Å²) in [4.78, 5) is 0. The van der Waals surface area contributed by atoms with Crippen LogP contribution in [0.2, 0.25) is 0 Å². The maximum Gasteiger partial charge on any atom is 0.264 e. The Labute approximate surface area is 126 Å². The number of rotatable bonds is 8. The normalized spacial score (nSPS) is 22.5. The average Bonchev–Trinajstić information content (AvgIpc) is 2.89. The van der Waals surface area contributed by atoms with Gasteiger partial charge in [-0.25, -0.2) is 0 Å². The molecule has 0 spiro atoms. The molecule has 1 aromatic rings. The van der Waals surface area contributed by atoms with Crippen LogP contribution in [-0.4, -0.2) is 37.4 Å². The third-order valence-corrected chi connectivity index (χ3v) is 4.55. The summed E-state index contributed by atoms with van der Waals surface area (Å²) in [6.45, 7) is 1.18. The van der Waals surface area contributed by atoms with Crippen molar-refractivity contribution >= 4 is 10.1 Å². The lowest BCUT2D eigenvalue weighted by molar-refractivity contribution is 0.0280. The van der Waals surface area contributed by atoms with E-state index in [2.05, 4.69) is 5.32 Å². The van der Waals surface area contributed by atoms with Crippen LogP contribution in [0.3, 0.4) is 0 Å². The fourth-order valence-corrected chi connectivity index (χ4v) is 3.19. The number of hydrogen-bond donors (Lipinski definition) is 2. The van der Waals surface area contributed by atoms with E-state index in [9.17, 15) is 8.42 Å². The van der Waals surface area contributed by atoms with Gasteiger partial charge in [-0.1, -0.05) is 30.3 Å². The molecule has 5 nitrogen and oxygen atoms in total. The van der Waals surface area contributed by atoms with Crippen molar-refractivity contribution in [3.8, 4) is 0 Å². The van der Waals surface area contributed by atoms with Gasteiger partial charge in [-0.2, -0.15) is 8.42 Å². The van der Waals surface area contributed by atoms with Crippen molar-refractivity contribution in [2.75, 3.05) is 12.3 Å². The average molecular weight is 313 g/mol. The van der Waals surface area contributed by atoms with Crippen LogP contribution in [0.15, 0.2) is 30.3 Å². The van der Waals surface area contributed by atoms with Gasteiger partial charge in [0.05, 0.1) is 18.5 Å². The van der Waals surface area contributed by atoms with Gasteiger partial charge in [0.2, 0.25) is 0 Å². The summed E-state index contributed by atoms with van der Waals surface area (Å²) in [5.74, 6) is -0.192. The van der Waals surface area contributed by atoms with Gasteiger partial charge >= 0.3 is 0 Å². The highest BCUT2D eigenvalue weighted by atomic mass is 32.2. The van der Waals surface area contributed by atoms with Crippen LogP contribution >= 0.6 is 0 Å². The van der Waals surface area contributed by atoms with Gasteiger partial charge in [0.1, 0.15) is 0 Å². The molecule has 0 bridgehead atoms. The molecule has 2 atom stereocenters. The lowest BCUT2D eigenvalue weighted by Crippen LogP contribution is -2.38. The van der Waals surface area contributed by atoms with Crippen molar-refractivity contribution < 1.29 is 17.7 Å². The Morgan fingerprint density at radius 1 is 1.24 bits per heavy atom. The van der Waals surface area contributed by atoms with Crippen LogP contribution in [-0.2, 0) is 21.5 Å². The second-order valence-electron chi connectivity index (χ2n) is 5.47. The summed E-state index contributed by atoms with van der Waals surface area (Å²) in [5, 5.41) is 3.34. The first-order chi connectivity index (χ1) is 10.0. The van der Waals surface area contributed by atoms with Crippen molar-refractivity contribution in [3.05, 3.63) is 35.9 Å². The van der Waals surface area contributed by atoms with Gasteiger partial charge in [0.15, 0.2) is 0 Å². The van der Waals surface area contributed by atoms with Crippen molar-refractivity contribution in [2.24, 2.45) is 0 Å². The molecule has 0 aliphatic heterocycles. The van der Waals surface area contributed by atoms with E-state index in [1.54, 1.807) is 0 Å². The number of hydrogen-bond acceptors (Lipinski definition) is 4. The summed E-state index contributed by atoms with van der Waals surface area (Å²) < 4.78 is 36.0. The predicted octanol–water partition coefficient (Wildman–Crippen LogP) is 1.99. The smallest absolute Gasteiger partial charge is 0.264 e. The van der Waals surface area contributed by atoms with Crippen molar-refractivity contribution in [3.63, 3.8) is 0 Å². The third-order valence-electron chi connectivity index (χ3n) is 3.75. The Morgan fingerprint density at radius 3 is 2.71 bits per heavy atom. The van der Waals surface area contributed by atoms with E-state index in [1.807, 2.05) is 30.3 Å². The zero-order valence-electron chi connectivity index (χ0n) is 12.1. The first-order valence-corrected chi connectivity index (χ1v) is 8.99. The number of ether oxygens (including phenoxy) is 1. The van der Waals surface area contributed by atoms with E-state index >= 15 is 0 Å². The Hall–Kier alpha value is -0.950. The highest BCUT2D eigenvalue weighted by Gasteiger charge is 2.27. The van der Waals surface area contributed by atoms with Gasteiger partial charge in [-0.05, 0) is 37.8 Å². The Kier molecular flexibility index (Phi) is 6.17. The van der Waals surface area contributed by atoms with Gasteiger partial charge in [0.25, 0.3) is 10.1 Å². The highest BCUT2D eigenvalue weighted by molar-refractivity contribution is 7.85. The second kappa shape index (κ2) is 7.89. The van der Waals surface area contributed by atoms with E-state index in [0.717, 1.165) is 24.8 Å². The lowest BCUT2D eigenvalue weighted by Gasteiger charge is -2.21. The molecular weight excluding hydrogens is 290 g/mol. The molecule has 1 aromatic carbocycles. The zero-order chi connectivity index (χ0) is 15.1. The van der Waals surface area contributed by atoms with Gasteiger partial charge in [-0.3, -0.25) is 4.55 Å². The number of benzene rings is 1. The largest absolute Gasteiger partial charge is 0.372 e. The molecule has 0 radical (unpaired) electrons. The minimum atomic E-state index is -3.85. The summed E-state index contributed by atoms with van der Waals surface area (Å²) in [7, 11) is -3.85. The highest BCUT2D eigenvalue weighted by Crippen LogP contribution is 2.23. The van der Waals surface area contributed by atoms with Crippen LogP contribution in [0.1, 0.15) is 31.2 Å². The minimum Gasteiger partial charge on any atom is -0.372 e. The van der Waals surface area contributed by atoms with Gasteiger partial charge in [0, 0.05) is 6.04 Å². The van der Waals surface area contributed by atoms with Crippen molar-refractivity contribution in [1.29, 1.82) is 0 Å². The van der Waals surface area contributed by atoms with Crippen LogP contribution in [0.5, 0.6) is 0 Å². The van der Waals surface area contributed by atoms with Crippen molar-refractivity contribution in [2.45, 2.75) is 44.4 Å². The molecule has 118 valence electrons. The SMILES string of the molecule is O=S(=O)(O)CCCN[C@@H]1CCC[C@H]1OCc1ccccc1. The first-order valence-electron chi connectivity index (χ1n) is 7.39. The van der Waals surface area contributed by atoms with Gasteiger partial charge < -0.3 is 10.1 Å². The molecule has 0 unspecified atom stereocenters. The molecule has 2 rings (SSSR count). The monoisotopic (exact) mass is 313 g/mol. The first kappa shape index (κ1) is 16.4. The summed E-state index contributed by atoms with van der Waals surface area (Å²) in [6.07, 6.45) is 3.79. The fraction of sp³-hybridized carbons (Fsp3) is 0.600. The van der Waals surface area contributed by atoms with Crippen LogP contribution in [0.25, 0.3) is 0 Å². The molecule has 0 saturated heterocycles. The standard InChI is InChI=1S/C15H23NO4S/c17-21(18,19)11-5-10-16-14-8-4-9-15(14)20-12-13-6-2-1-3-7-13/h1-3,6-7,14-16H,4-5,8-12H2,(H,17,18,19)/t14-,15-/m1/s1. The van der Waals surface area contributed by atoms with Crippen LogP contribution in [0.4, 0.5) is 0 Å². The van der Waals surface area contributed by atoms with Crippen molar-refractivity contribution in [1.82, 2.24) is 5.32 Å². The number of nitrogens with one attached hydrogen (secondary N) is 1. The molecule has 0 amide bonds.